The van der Waals surface area contributed by atoms with Crippen molar-refractivity contribution in [2.24, 2.45) is 0 Å². The second kappa shape index (κ2) is 11.5. The molecule has 0 fully saturated rings. The Kier molecular flexibility index (Phi) is 6.57. The molecule has 0 unspecified atom stereocenters. The number of thiophene rings is 3. The molecule has 3 heteroatoms. The monoisotopic (exact) mass is 700 g/mol. The third-order valence-corrected chi connectivity index (χ3v) is 14.0. The van der Waals surface area contributed by atoms with Gasteiger partial charge in [0.2, 0.25) is 0 Å². The van der Waals surface area contributed by atoms with Crippen LogP contribution in [-0.4, -0.2) is 0 Å². The highest BCUT2D eigenvalue weighted by Crippen LogP contribution is 2.46. The first kappa shape index (κ1) is 29.2. The molecule has 0 saturated carbocycles. The van der Waals surface area contributed by atoms with Gasteiger partial charge in [0.25, 0.3) is 0 Å². The molecule has 0 aliphatic heterocycles. The molecule has 0 spiro atoms. The summed E-state index contributed by atoms with van der Waals surface area (Å²) in [6.45, 7) is 0. The summed E-state index contributed by atoms with van der Waals surface area (Å²) in [5.41, 5.74) is 10.2. The van der Waals surface area contributed by atoms with Gasteiger partial charge < -0.3 is 0 Å². The van der Waals surface area contributed by atoms with E-state index in [1.165, 1.54) is 105 Å². The summed E-state index contributed by atoms with van der Waals surface area (Å²) in [6.07, 6.45) is 0. The minimum atomic E-state index is 1.25. The largest absolute Gasteiger partial charge is 0.135 e. The SMILES string of the molecule is c1cc(-c2cccc3c2sc2ccccc23)cc(-c2cccc3c2sc2c(-c4cccc(-c5cccc6c5sc5ccccc56)c4)cccc23)c1. The van der Waals surface area contributed by atoms with Gasteiger partial charge in [-0.1, -0.05) is 146 Å². The molecule has 0 atom stereocenters. The zero-order valence-corrected chi connectivity index (χ0v) is 29.8. The van der Waals surface area contributed by atoms with Crippen molar-refractivity contribution in [3.05, 3.63) is 170 Å². The highest BCUT2D eigenvalue weighted by molar-refractivity contribution is 7.27. The van der Waals surface area contributed by atoms with Gasteiger partial charge in [0, 0.05) is 60.5 Å². The highest BCUT2D eigenvalue weighted by Gasteiger charge is 2.17. The molecule has 0 nitrogen and oxygen atoms in total. The first-order chi connectivity index (χ1) is 25.3. The number of benzene rings is 8. The topological polar surface area (TPSA) is 0 Å². The zero-order valence-electron chi connectivity index (χ0n) is 27.4. The average Bonchev–Trinajstić information content (AvgIpc) is 3.89. The van der Waals surface area contributed by atoms with Crippen LogP contribution < -0.4 is 0 Å². The lowest BCUT2D eigenvalue weighted by Gasteiger charge is -2.08. The van der Waals surface area contributed by atoms with Gasteiger partial charge in [-0.3, -0.25) is 0 Å². The Hall–Kier alpha value is -5.58. The quantitative estimate of drug-likeness (QED) is 0.171. The molecule has 0 aliphatic carbocycles. The third kappa shape index (κ3) is 4.56. The molecule has 11 aromatic rings. The summed E-state index contributed by atoms with van der Waals surface area (Å²) in [4.78, 5) is 0. The van der Waals surface area contributed by atoms with Crippen molar-refractivity contribution < 1.29 is 0 Å². The summed E-state index contributed by atoms with van der Waals surface area (Å²) in [6, 6.07) is 62.9. The van der Waals surface area contributed by atoms with Gasteiger partial charge in [0.15, 0.2) is 0 Å². The predicted molar refractivity (Wildman–Crippen MR) is 227 cm³/mol. The smallest absolute Gasteiger partial charge is 0.0434 e. The lowest BCUT2D eigenvalue weighted by molar-refractivity contribution is 1.64. The van der Waals surface area contributed by atoms with Gasteiger partial charge in [0.05, 0.1) is 0 Å². The van der Waals surface area contributed by atoms with Gasteiger partial charge in [-0.05, 0) is 68.8 Å². The van der Waals surface area contributed by atoms with Gasteiger partial charge in [-0.25, -0.2) is 0 Å². The van der Waals surface area contributed by atoms with E-state index >= 15 is 0 Å². The number of fused-ring (bicyclic) bond motifs is 9. The van der Waals surface area contributed by atoms with Crippen LogP contribution in [0.1, 0.15) is 0 Å². The molecule has 0 aliphatic rings. The Balaban J connectivity index is 1.04. The van der Waals surface area contributed by atoms with Crippen LogP contribution in [0.25, 0.3) is 105 Å². The van der Waals surface area contributed by atoms with E-state index in [1.54, 1.807) is 0 Å². The van der Waals surface area contributed by atoms with E-state index in [-0.39, 0.29) is 0 Å². The maximum atomic E-state index is 2.39. The number of rotatable bonds is 4. The van der Waals surface area contributed by atoms with Crippen LogP contribution >= 0.6 is 34.0 Å². The predicted octanol–water partition coefficient (Wildman–Crippen LogP) is 15.5. The lowest BCUT2D eigenvalue weighted by Crippen LogP contribution is -1.82. The fourth-order valence-corrected chi connectivity index (χ4v) is 11.8. The molecule has 51 heavy (non-hydrogen) atoms. The Labute approximate surface area is 307 Å². The van der Waals surface area contributed by atoms with E-state index in [2.05, 4.69) is 170 Å². The van der Waals surface area contributed by atoms with E-state index < -0.39 is 0 Å². The third-order valence-electron chi connectivity index (χ3n) is 10.3. The molecular weight excluding hydrogens is 673 g/mol. The van der Waals surface area contributed by atoms with Crippen molar-refractivity contribution in [1.29, 1.82) is 0 Å². The number of hydrogen-bond donors (Lipinski definition) is 0. The molecule has 0 saturated heterocycles. The summed E-state index contributed by atoms with van der Waals surface area (Å²) in [5, 5.41) is 7.98. The summed E-state index contributed by atoms with van der Waals surface area (Å²) >= 11 is 5.71. The van der Waals surface area contributed by atoms with Crippen LogP contribution in [0.2, 0.25) is 0 Å². The van der Waals surface area contributed by atoms with Crippen molar-refractivity contribution in [3.8, 4) is 44.5 Å². The van der Waals surface area contributed by atoms with Gasteiger partial charge in [-0.15, -0.1) is 34.0 Å². The second-order valence-electron chi connectivity index (χ2n) is 13.2. The van der Waals surface area contributed by atoms with Crippen LogP contribution in [0.4, 0.5) is 0 Å². The van der Waals surface area contributed by atoms with E-state index in [0.29, 0.717) is 0 Å². The average molecular weight is 701 g/mol. The number of hydrogen-bond acceptors (Lipinski definition) is 3. The second-order valence-corrected chi connectivity index (χ2v) is 16.3. The van der Waals surface area contributed by atoms with Crippen molar-refractivity contribution in [3.63, 3.8) is 0 Å². The van der Waals surface area contributed by atoms with Crippen LogP contribution in [-0.2, 0) is 0 Å². The molecule has 0 radical (unpaired) electrons. The first-order valence-corrected chi connectivity index (χ1v) is 19.7. The normalized spacial score (nSPS) is 11.9. The maximum Gasteiger partial charge on any atom is 0.0434 e. The molecule has 3 aromatic heterocycles. The molecule has 8 aromatic carbocycles. The summed E-state index contributed by atoms with van der Waals surface area (Å²) in [5.74, 6) is 0. The minimum Gasteiger partial charge on any atom is -0.135 e. The maximum absolute atomic E-state index is 2.39. The van der Waals surface area contributed by atoms with Gasteiger partial charge in [0.1, 0.15) is 0 Å². The summed E-state index contributed by atoms with van der Waals surface area (Å²) < 4.78 is 8.05. The standard InChI is InChI=1S/C48H28S3/c1-3-25-43-37(15-1)39-21-7-17-33(45(39)49-43)29-11-5-13-31(27-29)35-19-9-23-41-42-24-10-20-36(48(42)51-47(35)41)32-14-6-12-30(28-32)34-18-8-22-40-38-16-2-4-26-44(38)50-46(34)40/h1-28H. The van der Waals surface area contributed by atoms with Crippen molar-refractivity contribution in [1.82, 2.24) is 0 Å². The van der Waals surface area contributed by atoms with Crippen LogP contribution in [0.15, 0.2) is 170 Å². The Morgan fingerprint density at radius 3 is 0.922 bits per heavy atom. The lowest BCUT2D eigenvalue weighted by atomic mass is 9.96. The fraction of sp³-hybridized carbons (Fsp3) is 0. The molecule has 238 valence electrons. The Morgan fingerprint density at radius 1 is 0.235 bits per heavy atom. The van der Waals surface area contributed by atoms with E-state index in [0.717, 1.165) is 0 Å². The van der Waals surface area contributed by atoms with Crippen LogP contribution in [0.3, 0.4) is 0 Å². The molecular formula is C48H28S3. The Morgan fingerprint density at radius 2 is 0.529 bits per heavy atom. The van der Waals surface area contributed by atoms with Crippen molar-refractivity contribution >= 4 is 94.5 Å². The highest BCUT2D eigenvalue weighted by atomic mass is 32.1. The molecule has 0 bridgehead atoms. The van der Waals surface area contributed by atoms with E-state index in [1.807, 2.05) is 34.0 Å². The zero-order chi connectivity index (χ0) is 33.5. The Bertz CT molecular complexity index is 2940. The van der Waals surface area contributed by atoms with Crippen LogP contribution in [0, 0.1) is 0 Å². The molecule has 11 rings (SSSR count). The molecule has 3 heterocycles. The minimum absolute atomic E-state index is 1.25. The molecule has 0 amide bonds. The van der Waals surface area contributed by atoms with E-state index in [9.17, 15) is 0 Å². The fourth-order valence-electron chi connectivity index (χ4n) is 7.93. The molecule has 0 N–H and O–H groups in total. The van der Waals surface area contributed by atoms with Crippen molar-refractivity contribution in [2.45, 2.75) is 0 Å². The van der Waals surface area contributed by atoms with Gasteiger partial charge in [-0.2, -0.15) is 0 Å². The van der Waals surface area contributed by atoms with Crippen LogP contribution in [0.5, 0.6) is 0 Å². The van der Waals surface area contributed by atoms with Crippen molar-refractivity contribution in [2.75, 3.05) is 0 Å². The van der Waals surface area contributed by atoms with E-state index in [4.69, 9.17) is 0 Å². The summed E-state index contributed by atoms with van der Waals surface area (Å²) in [7, 11) is 0. The van der Waals surface area contributed by atoms with Gasteiger partial charge >= 0.3 is 0 Å². The first-order valence-electron chi connectivity index (χ1n) is 17.2.